The second-order valence-corrected chi connectivity index (χ2v) is 8.65. The molecule has 2 aromatic rings. The molecule has 2 amide bonds. The van der Waals surface area contributed by atoms with Crippen LogP contribution in [0.2, 0.25) is 0 Å². The predicted molar refractivity (Wildman–Crippen MR) is 115 cm³/mol. The first-order chi connectivity index (χ1) is 15.5. The average molecular weight is 445 g/mol. The number of ether oxygens (including phenoxy) is 1. The minimum atomic E-state index is -0.553. The number of furan rings is 1. The highest BCUT2D eigenvalue weighted by molar-refractivity contribution is 5.87. The predicted octanol–water partition coefficient (Wildman–Crippen LogP) is 2.09. The van der Waals surface area contributed by atoms with Gasteiger partial charge in [0.1, 0.15) is 18.3 Å². The molecule has 1 saturated carbocycles. The topological polar surface area (TPSA) is 115 Å². The van der Waals surface area contributed by atoms with Gasteiger partial charge in [0.2, 0.25) is 17.6 Å². The van der Waals surface area contributed by atoms with E-state index in [2.05, 4.69) is 20.7 Å². The van der Waals surface area contributed by atoms with Crippen LogP contribution >= 0.6 is 0 Å². The summed E-state index contributed by atoms with van der Waals surface area (Å²) in [4.78, 5) is 29.3. The molecule has 0 bridgehead atoms. The molecule has 174 valence electrons. The molecule has 2 unspecified atom stereocenters. The molecule has 0 aromatic carbocycles. The van der Waals surface area contributed by atoms with E-state index in [-0.39, 0.29) is 30.5 Å². The highest BCUT2D eigenvalue weighted by atomic mass is 16.5. The SMILES string of the molecule is CCC(C(=O)NC1CCCC1)N(CC1CCCO1)C(=O)Cn1nnc(-c2ccc(C)o2)n1. The standard InChI is InChI=1S/C22H32N6O4/c1-3-18(22(30)23-16-7-4-5-8-16)27(13-17-9-6-12-31-17)20(29)14-28-25-21(24-26-28)19-11-10-15(2)32-19/h10-11,16-18H,3-9,12-14H2,1-2H3,(H,23,30). The van der Waals surface area contributed by atoms with E-state index in [9.17, 15) is 9.59 Å². The Hall–Kier alpha value is -2.75. The van der Waals surface area contributed by atoms with Gasteiger partial charge >= 0.3 is 0 Å². The number of rotatable bonds is 9. The summed E-state index contributed by atoms with van der Waals surface area (Å²) in [5.74, 6) is 1.24. The van der Waals surface area contributed by atoms with Crippen molar-refractivity contribution >= 4 is 11.8 Å². The van der Waals surface area contributed by atoms with E-state index >= 15 is 0 Å². The summed E-state index contributed by atoms with van der Waals surface area (Å²) >= 11 is 0. The van der Waals surface area contributed by atoms with Crippen LogP contribution in [-0.4, -0.2) is 68.3 Å². The van der Waals surface area contributed by atoms with Crippen LogP contribution in [0.25, 0.3) is 11.6 Å². The first kappa shape index (κ1) is 22.4. The summed E-state index contributed by atoms with van der Waals surface area (Å²) < 4.78 is 11.3. The van der Waals surface area contributed by atoms with Crippen LogP contribution in [0.15, 0.2) is 16.5 Å². The van der Waals surface area contributed by atoms with Crippen molar-refractivity contribution < 1.29 is 18.7 Å². The minimum Gasteiger partial charge on any atom is -0.458 e. The van der Waals surface area contributed by atoms with Crippen LogP contribution < -0.4 is 5.32 Å². The van der Waals surface area contributed by atoms with Crippen molar-refractivity contribution in [3.8, 4) is 11.6 Å². The number of aryl methyl sites for hydroxylation is 1. The molecule has 10 heteroatoms. The smallest absolute Gasteiger partial charge is 0.247 e. The summed E-state index contributed by atoms with van der Waals surface area (Å²) in [5.41, 5.74) is 0. The van der Waals surface area contributed by atoms with Crippen molar-refractivity contribution in [3.63, 3.8) is 0 Å². The maximum atomic E-state index is 13.3. The van der Waals surface area contributed by atoms with Gasteiger partial charge in [-0.05, 0) is 56.4 Å². The number of tetrazole rings is 1. The first-order valence-corrected chi connectivity index (χ1v) is 11.6. The lowest BCUT2D eigenvalue weighted by atomic mass is 10.1. The first-order valence-electron chi connectivity index (χ1n) is 11.6. The molecule has 32 heavy (non-hydrogen) atoms. The Labute approximate surface area is 187 Å². The Morgan fingerprint density at radius 2 is 2.06 bits per heavy atom. The number of nitrogens with zero attached hydrogens (tertiary/aromatic N) is 5. The van der Waals surface area contributed by atoms with Gasteiger partial charge in [-0.15, -0.1) is 10.2 Å². The maximum absolute atomic E-state index is 13.3. The molecule has 3 heterocycles. The quantitative estimate of drug-likeness (QED) is 0.630. The Balaban J connectivity index is 1.47. The Morgan fingerprint density at radius 3 is 2.72 bits per heavy atom. The zero-order valence-corrected chi connectivity index (χ0v) is 18.8. The molecular weight excluding hydrogens is 412 g/mol. The van der Waals surface area contributed by atoms with Crippen molar-refractivity contribution in [1.29, 1.82) is 0 Å². The van der Waals surface area contributed by atoms with Crippen molar-refractivity contribution in [3.05, 3.63) is 17.9 Å². The fraction of sp³-hybridized carbons (Fsp3) is 0.682. The number of aromatic nitrogens is 4. The Kier molecular flexibility index (Phi) is 7.19. The average Bonchev–Trinajstić information content (AvgIpc) is 3.56. The highest BCUT2D eigenvalue weighted by Gasteiger charge is 2.33. The molecule has 10 nitrogen and oxygen atoms in total. The molecule has 1 aliphatic carbocycles. The van der Waals surface area contributed by atoms with Gasteiger partial charge in [-0.3, -0.25) is 9.59 Å². The number of nitrogens with one attached hydrogen (secondary N) is 1. The van der Waals surface area contributed by atoms with Crippen LogP contribution in [0, 0.1) is 6.92 Å². The molecular formula is C22H32N6O4. The van der Waals surface area contributed by atoms with Gasteiger partial charge in [-0.25, -0.2) is 0 Å². The third-order valence-electron chi connectivity index (χ3n) is 6.20. The van der Waals surface area contributed by atoms with E-state index in [1.807, 2.05) is 19.9 Å². The molecule has 2 aromatic heterocycles. The zero-order chi connectivity index (χ0) is 22.5. The van der Waals surface area contributed by atoms with Gasteiger partial charge < -0.3 is 19.4 Å². The molecule has 2 atom stereocenters. The van der Waals surface area contributed by atoms with Crippen molar-refractivity contribution in [2.45, 2.75) is 83.5 Å². The molecule has 0 spiro atoms. The number of amides is 2. The fourth-order valence-corrected chi connectivity index (χ4v) is 4.50. The van der Waals surface area contributed by atoms with Crippen LogP contribution in [0.4, 0.5) is 0 Å². The molecule has 0 radical (unpaired) electrons. The number of hydrogen-bond acceptors (Lipinski definition) is 7. The third-order valence-corrected chi connectivity index (χ3v) is 6.20. The maximum Gasteiger partial charge on any atom is 0.247 e. The van der Waals surface area contributed by atoms with Crippen LogP contribution in [0.3, 0.4) is 0 Å². The van der Waals surface area contributed by atoms with E-state index in [4.69, 9.17) is 9.15 Å². The molecule has 1 aliphatic heterocycles. The lowest BCUT2D eigenvalue weighted by Crippen LogP contribution is -2.54. The van der Waals surface area contributed by atoms with Gasteiger partial charge in [-0.1, -0.05) is 19.8 Å². The molecule has 4 rings (SSSR count). The molecule has 1 saturated heterocycles. The van der Waals surface area contributed by atoms with Gasteiger partial charge in [0, 0.05) is 19.2 Å². The summed E-state index contributed by atoms with van der Waals surface area (Å²) in [7, 11) is 0. The Bertz CT molecular complexity index is 913. The number of hydrogen-bond donors (Lipinski definition) is 1. The summed E-state index contributed by atoms with van der Waals surface area (Å²) in [6.45, 7) is 4.73. The van der Waals surface area contributed by atoms with Crippen molar-refractivity contribution in [1.82, 2.24) is 30.4 Å². The van der Waals surface area contributed by atoms with E-state index < -0.39 is 6.04 Å². The second-order valence-electron chi connectivity index (χ2n) is 8.65. The van der Waals surface area contributed by atoms with Crippen molar-refractivity contribution in [2.75, 3.05) is 13.2 Å². The molecule has 2 fully saturated rings. The van der Waals surface area contributed by atoms with Crippen LogP contribution in [-0.2, 0) is 20.9 Å². The van der Waals surface area contributed by atoms with Gasteiger partial charge in [0.15, 0.2) is 5.76 Å². The largest absolute Gasteiger partial charge is 0.458 e. The normalized spacial score (nSPS) is 19.9. The summed E-state index contributed by atoms with van der Waals surface area (Å²) in [5, 5.41) is 15.4. The summed E-state index contributed by atoms with van der Waals surface area (Å²) in [6, 6.07) is 3.23. The van der Waals surface area contributed by atoms with Crippen LogP contribution in [0.1, 0.15) is 57.6 Å². The number of carbonyl (C=O) groups excluding carboxylic acids is 2. The molecule has 2 aliphatic rings. The lowest BCUT2D eigenvalue weighted by molar-refractivity contribution is -0.143. The van der Waals surface area contributed by atoms with Crippen molar-refractivity contribution in [2.24, 2.45) is 0 Å². The lowest BCUT2D eigenvalue weighted by Gasteiger charge is -2.32. The highest BCUT2D eigenvalue weighted by Crippen LogP contribution is 2.21. The number of carbonyl (C=O) groups is 2. The molecule has 1 N–H and O–H groups in total. The van der Waals surface area contributed by atoms with Crippen LogP contribution in [0.5, 0.6) is 0 Å². The second kappa shape index (κ2) is 10.2. The van der Waals surface area contributed by atoms with E-state index in [1.165, 1.54) is 4.80 Å². The monoisotopic (exact) mass is 444 g/mol. The van der Waals surface area contributed by atoms with Gasteiger partial charge in [-0.2, -0.15) is 4.80 Å². The van der Waals surface area contributed by atoms with E-state index in [0.29, 0.717) is 31.2 Å². The van der Waals surface area contributed by atoms with Gasteiger partial charge in [0.25, 0.3) is 0 Å². The van der Waals surface area contributed by atoms with Gasteiger partial charge in [0.05, 0.1) is 6.10 Å². The minimum absolute atomic E-state index is 0.0577. The van der Waals surface area contributed by atoms with E-state index in [1.54, 1.807) is 11.0 Å². The summed E-state index contributed by atoms with van der Waals surface area (Å²) in [6.07, 6.45) is 6.59. The van der Waals surface area contributed by atoms with E-state index in [0.717, 1.165) is 44.3 Å². The Morgan fingerprint density at radius 1 is 1.25 bits per heavy atom. The fourth-order valence-electron chi connectivity index (χ4n) is 4.50. The third kappa shape index (κ3) is 5.35. The zero-order valence-electron chi connectivity index (χ0n) is 18.8.